The van der Waals surface area contributed by atoms with Crippen LogP contribution in [0.3, 0.4) is 0 Å². The molecule has 1 aliphatic heterocycles. The van der Waals surface area contributed by atoms with E-state index in [-0.39, 0.29) is 5.82 Å². The van der Waals surface area contributed by atoms with E-state index in [1.165, 1.54) is 17.5 Å². The van der Waals surface area contributed by atoms with Crippen molar-refractivity contribution >= 4 is 0 Å². The zero-order chi connectivity index (χ0) is 10.8. The van der Waals surface area contributed by atoms with E-state index in [9.17, 15) is 4.39 Å². The molecule has 1 N–H and O–H groups in total. The lowest BCUT2D eigenvalue weighted by atomic mass is 9.81. The van der Waals surface area contributed by atoms with E-state index in [0.717, 1.165) is 13.1 Å². The smallest absolute Gasteiger partial charge is 0.123 e. The van der Waals surface area contributed by atoms with Crippen LogP contribution in [0.1, 0.15) is 30.4 Å². The first kappa shape index (κ1) is 10.6. The Bertz CT molecular complexity index is 348. The molecule has 1 saturated heterocycles. The lowest BCUT2D eigenvalue weighted by molar-refractivity contribution is 0.346. The lowest BCUT2D eigenvalue weighted by Gasteiger charge is -2.31. The van der Waals surface area contributed by atoms with Crippen molar-refractivity contribution < 1.29 is 4.39 Å². The van der Waals surface area contributed by atoms with Gasteiger partial charge >= 0.3 is 0 Å². The van der Waals surface area contributed by atoms with Crippen molar-refractivity contribution in [2.75, 3.05) is 13.1 Å². The second-order valence-corrected chi connectivity index (χ2v) is 4.58. The van der Waals surface area contributed by atoms with E-state index in [1.54, 1.807) is 12.1 Å². The van der Waals surface area contributed by atoms with Gasteiger partial charge in [0.05, 0.1) is 0 Å². The maximum Gasteiger partial charge on any atom is 0.123 e. The highest BCUT2D eigenvalue weighted by Gasteiger charge is 2.24. The monoisotopic (exact) mass is 207 g/mol. The summed E-state index contributed by atoms with van der Waals surface area (Å²) in [4.78, 5) is 0. The molecule has 0 saturated carbocycles. The number of rotatable bonds is 1. The van der Waals surface area contributed by atoms with Crippen LogP contribution in [0, 0.1) is 18.7 Å². The SMILES string of the molecule is Cc1ccc(F)cc1C1CNCCC1C. The molecule has 0 radical (unpaired) electrons. The summed E-state index contributed by atoms with van der Waals surface area (Å²) in [5.74, 6) is 0.995. The van der Waals surface area contributed by atoms with Crippen LogP contribution in [-0.4, -0.2) is 13.1 Å². The minimum absolute atomic E-state index is 0.117. The molecule has 1 aromatic rings. The number of aryl methyl sites for hydroxylation is 1. The molecule has 15 heavy (non-hydrogen) atoms. The summed E-state index contributed by atoms with van der Waals surface area (Å²) in [5.41, 5.74) is 2.38. The highest BCUT2D eigenvalue weighted by Crippen LogP contribution is 2.31. The van der Waals surface area contributed by atoms with Crippen molar-refractivity contribution in [3.05, 3.63) is 35.1 Å². The largest absolute Gasteiger partial charge is 0.316 e. The third-order valence-corrected chi connectivity index (χ3v) is 3.47. The van der Waals surface area contributed by atoms with Gasteiger partial charge in [-0.15, -0.1) is 0 Å². The Balaban J connectivity index is 2.30. The standard InChI is InChI=1S/C13H18FN/c1-9-3-4-11(14)7-12(9)13-8-15-6-5-10(13)2/h3-4,7,10,13,15H,5-6,8H2,1-2H3. The van der Waals surface area contributed by atoms with Gasteiger partial charge in [0.1, 0.15) is 5.82 Å². The maximum atomic E-state index is 13.2. The molecule has 0 amide bonds. The number of piperidine rings is 1. The van der Waals surface area contributed by atoms with Gasteiger partial charge in [0, 0.05) is 6.54 Å². The Kier molecular flexibility index (Phi) is 3.06. The van der Waals surface area contributed by atoms with Gasteiger partial charge in [0.25, 0.3) is 0 Å². The maximum absolute atomic E-state index is 13.2. The second-order valence-electron chi connectivity index (χ2n) is 4.58. The van der Waals surface area contributed by atoms with Crippen molar-refractivity contribution in [1.29, 1.82) is 0 Å². The van der Waals surface area contributed by atoms with E-state index >= 15 is 0 Å². The van der Waals surface area contributed by atoms with Crippen LogP contribution in [0.5, 0.6) is 0 Å². The fraction of sp³-hybridized carbons (Fsp3) is 0.538. The summed E-state index contributed by atoms with van der Waals surface area (Å²) in [7, 11) is 0. The zero-order valence-corrected chi connectivity index (χ0v) is 9.39. The Labute approximate surface area is 90.7 Å². The molecule has 1 nitrogen and oxygen atoms in total. The van der Waals surface area contributed by atoms with Crippen LogP contribution in [0.25, 0.3) is 0 Å². The van der Waals surface area contributed by atoms with Crippen molar-refractivity contribution in [2.45, 2.75) is 26.2 Å². The van der Waals surface area contributed by atoms with Crippen LogP contribution >= 0.6 is 0 Å². The highest BCUT2D eigenvalue weighted by atomic mass is 19.1. The average Bonchev–Trinajstić information content (AvgIpc) is 2.23. The minimum atomic E-state index is -0.117. The Morgan fingerprint density at radius 2 is 2.20 bits per heavy atom. The molecule has 1 heterocycles. The van der Waals surface area contributed by atoms with Crippen LogP contribution in [0.15, 0.2) is 18.2 Å². The van der Waals surface area contributed by atoms with Gasteiger partial charge < -0.3 is 5.32 Å². The molecule has 1 aliphatic rings. The first-order valence-corrected chi connectivity index (χ1v) is 5.65. The second kappa shape index (κ2) is 4.31. The molecule has 2 atom stereocenters. The van der Waals surface area contributed by atoms with Gasteiger partial charge in [-0.3, -0.25) is 0 Å². The summed E-state index contributed by atoms with van der Waals surface area (Å²) < 4.78 is 13.2. The minimum Gasteiger partial charge on any atom is -0.316 e. The Morgan fingerprint density at radius 1 is 1.40 bits per heavy atom. The summed E-state index contributed by atoms with van der Waals surface area (Å²) >= 11 is 0. The molecule has 0 aliphatic carbocycles. The van der Waals surface area contributed by atoms with Gasteiger partial charge in [-0.25, -0.2) is 4.39 Å². The lowest BCUT2D eigenvalue weighted by Crippen LogP contribution is -2.34. The molecule has 0 bridgehead atoms. The number of halogens is 1. The van der Waals surface area contributed by atoms with Gasteiger partial charge in [-0.05, 0) is 55.0 Å². The van der Waals surface area contributed by atoms with Gasteiger partial charge in [-0.1, -0.05) is 13.0 Å². The summed E-state index contributed by atoms with van der Waals surface area (Å²) in [6, 6.07) is 5.12. The highest BCUT2D eigenvalue weighted by molar-refractivity contribution is 5.31. The molecule has 2 rings (SSSR count). The van der Waals surface area contributed by atoms with Crippen LogP contribution < -0.4 is 5.32 Å². The van der Waals surface area contributed by atoms with Crippen molar-refractivity contribution in [2.24, 2.45) is 5.92 Å². The molecular formula is C13H18FN. The molecule has 2 unspecified atom stereocenters. The topological polar surface area (TPSA) is 12.0 Å². The summed E-state index contributed by atoms with van der Waals surface area (Å²) in [5, 5.41) is 3.39. The van der Waals surface area contributed by atoms with Crippen LogP contribution in [0.2, 0.25) is 0 Å². The Morgan fingerprint density at radius 3 is 2.93 bits per heavy atom. The number of hydrogen-bond donors (Lipinski definition) is 1. The zero-order valence-electron chi connectivity index (χ0n) is 9.39. The van der Waals surface area contributed by atoms with Crippen LogP contribution in [-0.2, 0) is 0 Å². The van der Waals surface area contributed by atoms with E-state index in [1.807, 2.05) is 6.07 Å². The van der Waals surface area contributed by atoms with E-state index in [4.69, 9.17) is 0 Å². The number of hydrogen-bond acceptors (Lipinski definition) is 1. The molecule has 1 aromatic carbocycles. The molecule has 2 heteroatoms. The fourth-order valence-electron chi connectivity index (χ4n) is 2.42. The predicted octanol–water partition coefficient (Wildman–Crippen LogP) is 2.85. The van der Waals surface area contributed by atoms with Crippen molar-refractivity contribution in [3.63, 3.8) is 0 Å². The average molecular weight is 207 g/mol. The molecule has 0 aromatic heterocycles. The quantitative estimate of drug-likeness (QED) is 0.746. The third-order valence-electron chi connectivity index (χ3n) is 3.47. The van der Waals surface area contributed by atoms with Crippen molar-refractivity contribution in [1.82, 2.24) is 5.32 Å². The summed E-state index contributed by atoms with van der Waals surface area (Å²) in [6.07, 6.45) is 1.18. The molecule has 0 spiro atoms. The summed E-state index contributed by atoms with van der Waals surface area (Å²) in [6.45, 7) is 6.39. The number of benzene rings is 1. The van der Waals surface area contributed by atoms with E-state index < -0.39 is 0 Å². The first-order valence-electron chi connectivity index (χ1n) is 5.65. The van der Waals surface area contributed by atoms with E-state index in [2.05, 4.69) is 19.2 Å². The van der Waals surface area contributed by atoms with Gasteiger partial charge in [-0.2, -0.15) is 0 Å². The fourth-order valence-corrected chi connectivity index (χ4v) is 2.42. The van der Waals surface area contributed by atoms with Gasteiger partial charge in [0.15, 0.2) is 0 Å². The first-order chi connectivity index (χ1) is 7.18. The third kappa shape index (κ3) is 2.20. The Hall–Kier alpha value is -0.890. The molecular weight excluding hydrogens is 189 g/mol. The molecule has 1 fully saturated rings. The van der Waals surface area contributed by atoms with Crippen molar-refractivity contribution in [3.8, 4) is 0 Å². The van der Waals surface area contributed by atoms with Gasteiger partial charge in [0.2, 0.25) is 0 Å². The number of nitrogens with one attached hydrogen (secondary N) is 1. The predicted molar refractivity (Wildman–Crippen MR) is 60.5 cm³/mol. The van der Waals surface area contributed by atoms with Crippen LogP contribution in [0.4, 0.5) is 4.39 Å². The molecule has 82 valence electrons. The van der Waals surface area contributed by atoms with E-state index in [0.29, 0.717) is 11.8 Å². The normalized spacial score (nSPS) is 26.6.